The summed E-state index contributed by atoms with van der Waals surface area (Å²) in [6.07, 6.45) is 4.93. The first-order valence-corrected chi connectivity index (χ1v) is 9.44. The Labute approximate surface area is 149 Å². The maximum Gasteiger partial charge on any atom is 0.227 e. The molecule has 0 saturated carbocycles. The second-order valence-electron chi connectivity index (χ2n) is 6.78. The maximum absolute atomic E-state index is 12.9. The van der Waals surface area contributed by atoms with Crippen LogP contribution in [0.4, 0.5) is 0 Å². The van der Waals surface area contributed by atoms with Crippen LogP contribution in [0.2, 0.25) is 5.02 Å². The first kappa shape index (κ1) is 17.7. The molecule has 5 heteroatoms. The molecule has 1 aromatic rings. The van der Waals surface area contributed by atoms with Gasteiger partial charge in [-0.25, -0.2) is 0 Å². The molecule has 2 aliphatic rings. The van der Waals surface area contributed by atoms with E-state index < -0.39 is 0 Å². The highest BCUT2D eigenvalue weighted by molar-refractivity contribution is 6.30. The van der Waals surface area contributed by atoms with E-state index in [2.05, 4.69) is 9.80 Å². The van der Waals surface area contributed by atoms with Crippen LogP contribution in [0.3, 0.4) is 0 Å². The Morgan fingerprint density at radius 3 is 2.50 bits per heavy atom. The zero-order valence-electron chi connectivity index (χ0n) is 14.3. The monoisotopic (exact) mass is 350 g/mol. The average molecular weight is 351 g/mol. The van der Waals surface area contributed by atoms with Gasteiger partial charge in [-0.05, 0) is 56.5 Å². The number of hydrogen-bond acceptors (Lipinski definition) is 3. The molecular formula is C19H27ClN2O2. The van der Waals surface area contributed by atoms with Gasteiger partial charge < -0.3 is 14.5 Å². The molecular weight excluding hydrogens is 324 g/mol. The number of benzene rings is 1. The standard InChI is InChI=1S/C19H27ClN2O2/c20-17-5-3-16(4-6-17)15-19(23)22(18-7-13-24-14-8-18)12-11-21-9-1-2-10-21/h3-6,18H,1-2,7-15H2. The zero-order chi connectivity index (χ0) is 16.8. The summed E-state index contributed by atoms with van der Waals surface area (Å²) in [7, 11) is 0. The molecule has 0 unspecified atom stereocenters. The predicted molar refractivity (Wildman–Crippen MR) is 96.4 cm³/mol. The van der Waals surface area contributed by atoms with E-state index in [4.69, 9.17) is 16.3 Å². The molecule has 2 fully saturated rings. The Bertz CT molecular complexity index is 523. The number of hydrogen-bond donors (Lipinski definition) is 0. The third-order valence-electron chi connectivity index (χ3n) is 5.08. The summed E-state index contributed by atoms with van der Waals surface area (Å²) in [6.45, 7) is 5.69. The summed E-state index contributed by atoms with van der Waals surface area (Å²) < 4.78 is 5.48. The normalized spacial score (nSPS) is 19.5. The van der Waals surface area contributed by atoms with Gasteiger partial charge in [-0.3, -0.25) is 4.79 Å². The lowest BCUT2D eigenvalue weighted by atomic mass is 10.0. The molecule has 0 aliphatic carbocycles. The molecule has 4 nitrogen and oxygen atoms in total. The van der Waals surface area contributed by atoms with Gasteiger partial charge in [0.2, 0.25) is 5.91 Å². The van der Waals surface area contributed by atoms with Gasteiger partial charge in [0.1, 0.15) is 0 Å². The van der Waals surface area contributed by atoms with Gasteiger partial charge in [0, 0.05) is 37.4 Å². The van der Waals surface area contributed by atoms with Crippen LogP contribution in [0.5, 0.6) is 0 Å². The Morgan fingerprint density at radius 2 is 1.83 bits per heavy atom. The average Bonchev–Trinajstić information content (AvgIpc) is 3.12. The topological polar surface area (TPSA) is 32.8 Å². The molecule has 2 heterocycles. The number of ether oxygens (including phenoxy) is 1. The Balaban J connectivity index is 1.62. The smallest absolute Gasteiger partial charge is 0.227 e. The Morgan fingerprint density at radius 1 is 1.17 bits per heavy atom. The Kier molecular flexibility index (Phi) is 6.52. The van der Waals surface area contributed by atoms with Gasteiger partial charge in [-0.2, -0.15) is 0 Å². The lowest BCUT2D eigenvalue weighted by Crippen LogP contribution is -2.47. The van der Waals surface area contributed by atoms with Crippen molar-refractivity contribution in [2.45, 2.75) is 38.1 Å². The van der Waals surface area contributed by atoms with E-state index in [0.717, 1.165) is 44.7 Å². The fourth-order valence-electron chi connectivity index (χ4n) is 3.64. The van der Waals surface area contributed by atoms with E-state index in [0.29, 0.717) is 17.5 Å². The molecule has 0 spiro atoms. The van der Waals surface area contributed by atoms with Crippen molar-refractivity contribution in [3.8, 4) is 0 Å². The summed E-state index contributed by atoms with van der Waals surface area (Å²) in [5.74, 6) is 0.225. The molecule has 0 radical (unpaired) electrons. The molecule has 3 rings (SSSR count). The lowest BCUT2D eigenvalue weighted by Gasteiger charge is -2.35. The van der Waals surface area contributed by atoms with Crippen molar-refractivity contribution in [1.82, 2.24) is 9.80 Å². The van der Waals surface area contributed by atoms with E-state index in [1.165, 1.54) is 25.9 Å². The van der Waals surface area contributed by atoms with Gasteiger partial charge >= 0.3 is 0 Å². The van der Waals surface area contributed by atoms with Gasteiger partial charge in [0.05, 0.1) is 6.42 Å². The minimum absolute atomic E-state index is 0.225. The summed E-state index contributed by atoms with van der Waals surface area (Å²) in [4.78, 5) is 17.5. The van der Waals surface area contributed by atoms with Crippen LogP contribution in [0, 0.1) is 0 Å². The summed E-state index contributed by atoms with van der Waals surface area (Å²) in [5.41, 5.74) is 1.03. The quantitative estimate of drug-likeness (QED) is 0.790. The fourth-order valence-corrected chi connectivity index (χ4v) is 3.77. The van der Waals surface area contributed by atoms with Crippen molar-refractivity contribution >= 4 is 17.5 Å². The summed E-state index contributed by atoms with van der Waals surface area (Å²) in [5, 5.41) is 0.710. The van der Waals surface area contributed by atoms with Crippen LogP contribution in [-0.4, -0.2) is 61.1 Å². The summed E-state index contributed by atoms with van der Waals surface area (Å²) in [6, 6.07) is 7.92. The number of amides is 1. The highest BCUT2D eigenvalue weighted by Crippen LogP contribution is 2.18. The van der Waals surface area contributed by atoms with E-state index in [1.807, 2.05) is 24.3 Å². The molecule has 0 N–H and O–H groups in total. The van der Waals surface area contributed by atoms with Crippen LogP contribution in [-0.2, 0) is 16.0 Å². The number of nitrogens with zero attached hydrogens (tertiary/aromatic N) is 2. The first-order valence-electron chi connectivity index (χ1n) is 9.06. The van der Waals surface area contributed by atoms with Gasteiger partial charge in [-0.15, -0.1) is 0 Å². The van der Waals surface area contributed by atoms with Gasteiger partial charge in [0.25, 0.3) is 0 Å². The van der Waals surface area contributed by atoms with Crippen LogP contribution in [0.25, 0.3) is 0 Å². The van der Waals surface area contributed by atoms with Gasteiger partial charge in [0.15, 0.2) is 0 Å². The SMILES string of the molecule is O=C(Cc1ccc(Cl)cc1)N(CCN1CCCC1)C1CCOCC1. The third-order valence-corrected chi connectivity index (χ3v) is 5.33. The number of carbonyl (C=O) groups excluding carboxylic acids is 1. The van der Waals surface area contributed by atoms with Crippen LogP contribution in [0.1, 0.15) is 31.2 Å². The lowest BCUT2D eigenvalue weighted by molar-refractivity contribution is -0.135. The number of carbonyl (C=O) groups is 1. The van der Waals surface area contributed by atoms with E-state index in [1.54, 1.807) is 0 Å². The van der Waals surface area contributed by atoms with Crippen molar-refractivity contribution in [1.29, 1.82) is 0 Å². The molecule has 24 heavy (non-hydrogen) atoms. The largest absolute Gasteiger partial charge is 0.381 e. The van der Waals surface area contributed by atoms with Crippen LogP contribution >= 0.6 is 11.6 Å². The highest BCUT2D eigenvalue weighted by Gasteiger charge is 2.26. The Hall–Kier alpha value is -1.10. The number of likely N-dealkylation sites (tertiary alicyclic amines) is 1. The molecule has 0 bridgehead atoms. The highest BCUT2D eigenvalue weighted by atomic mass is 35.5. The fraction of sp³-hybridized carbons (Fsp3) is 0.632. The van der Waals surface area contributed by atoms with Crippen molar-refractivity contribution in [2.75, 3.05) is 39.4 Å². The van der Waals surface area contributed by atoms with Crippen molar-refractivity contribution in [2.24, 2.45) is 0 Å². The van der Waals surface area contributed by atoms with Crippen LogP contribution in [0.15, 0.2) is 24.3 Å². The minimum Gasteiger partial charge on any atom is -0.381 e. The van der Waals surface area contributed by atoms with Crippen LogP contribution < -0.4 is 0 Å². The minimum atomic E-state index is 0.225. The van der Waals surface area contributed by atoms with Crippen molar-refractivity contribution in [3.63, 3.8) is 0 Å². The molecule has 0 aromatic heterocycles. The number of rotatable bonds is 6. The van der Waals surface area contributed by atoms with E-state index in [-0.39, 0.29) is 5.91 Å². The summed E-state index contributed by atoms with van der Waals surface area (Å²) >= 11 is 5.94. The maximum atomic E-state index is 12.9. The van der Waals surface area contributed by atoms with Crippen molar-refractivity contribution in [3.05, 3.63) is 34.9 Å². The molecule has 2 saturated heterocycles. The molecule has 132 valence electrons. The van der Waals surface area contributed by atoms with E-state index in [9.17, 15) is 4.79 Å². The second kappa shape index (κ2) is 8.84. The van der Waals surface area contributed by atoms with Gasteiger partial charge in [-0.1, -0.05) is 23.7 Å². The molecule has 2 aliphatic heterocycles. The predicted octanol–water partition coefficient (Wildman–Crippen LogP) is 2.99. The third kappa shape index (κ3) is 4.95. The zero-order valence-corrected chi connectivity index (χ0v) is 15.0. The van der Waals surface area contributed by atoms with E-state index >= 15 is 0 Å². The second-order valence-corrected chi connectivity index (χ2v) is 7.22. The molecule has 1 aromatic carbocycles. The van der Waals surface area contributed by atoms with Crippen molar-refractivity contribution < 1.29 is 9.53 Å². The first-order chi connectivity index (χ1) is 11.7. The number of halogens is 1. The molecule has 0 atom stereocenters. The molecule has 1 amide bonds.